The molecule has 0 saturated heterocycles. The second-order valence-corrected chi connectivity index (χ2v) is 7.92. The van der Waals surface area contributed by atoms with Crippen molar-refractivity contribution in [3.8, 4) is 0 Å². The lowest BCUT2D eigenvalue weighted by Crippen LogP contribution is -2.41. The molecule has 4 aliphatic rings. The number of aliphatic hydroxyl groups is 1. The SMILES string of the molecule is CCc1ccc(Br)cc1C1=C(O)[C@H]2[C@H]3CC[C@H](CC3)[C@H]2C1=O. The number of carbonyl (C=O) groups is 1. The van der Waals surface area contributed by atoms with Crippen LogP contribution in [0.3, 0.4) is 0 Å². The largest absolute Gasteiger partial charge is 0.511 e. The van der Waals surface area contributed by atoms with Crippen LogP contribution in [0.5, 0.6) is 0 Å². The molecule has 22 heavy (non-hydrogen) atoms. The summed E-state index contributed by atoms with van der Waals surface area (Å²) in [4.78, 5) is 13.1. The molecular formula is C19H21BrO2. The number of hydrogen-bond donors (Lipinski definition) is 1. The maximum atomic E-state index is 13.1. The topological polar surface area (TPSA) is 37.3 Å². The normalized spacial score (nSPS) is 33.5. The minimum Gasteiger partial charge on any atom is -0.511 e. The number of aliphatic hydroxyl groups excluding tert-OH is 1. The first-order valence-corrected chi connectivity index (χ1v) is 9.17. The van der Waals surface area contributed by atoms with E-state index in [0.717, 1.165) is 34.9 Å². The number of ketones is 1. The van der Waals surface area contributed by atoms with E-state index in [-0.39, 0.29) is 17.6 Å². The Morgan fingerprint density at radius 3 is 2.36 bits per heavy atom. The highest BCUT2D eigenvalue weighted by molar-refractivity contribution is 9.10. The molecular weight excluding hydrogens is 340 g/mol. The Hall–Kier alpha value is -1.09. The lowest BCUT2D eigenvalue weighted by Gasteiger charge is -2.44. The van der Waals surface area contributed by atoms with Gasteiger partial charge in [-0.2, -0.15) is 0 Å². The molecule has 0 aliphatic heterocycles. The number of hydrogen-bond acceptors (Lipinski definition) is 2. The first-order chi connectivity index (χ1) is 10.6. The Kier molecular flexibility index (Phi) is 3.44. The molecule has 1 aromatic carbocycles. The van der Waals surface area contributed by atoms with Gasteiger partial charge in [-0.15, -0.1) is 0 Å². The quantitative estimate of drug-likeness (QED) is 0.812. The molecule has 5 rings (SSSR count). The van der Waals surface area contributed by atoms with Crippen LogP contribution in [0, 0.1) is 23.7 Å². The molecule has 2 nitrogen and oxygen atoms in total. The molecule has 3 heteroatoms. The first kappa shape index (κ1) is 14.5. The highest BCUT2D eigenvalue weighted by Gasteiger charge is 2.54. The fourth-order valence-electron chi connectivity index (χ4n) is 5.04. The van der Waals surface area contributed by atoms with Gasteiger partial charge in [0.25, 0.3) is 0 Å². The summed E-state index contributed by atoms with van der Waals surface area (Å²) in [5.41, 5.74) is 2.70. The summed E-state index contributed by atoms with van der Waals surface area (Å²) in [5.74, 6) is 1.72. The minimum atomic E-state index is 0.0474. The van der Waals surface area contributed by atoms with Crippen LogP contribution in [-0.4, -0.2) is 10.9 Å². The number of rotatable bonds is 2. The van der Waals surface area contributed by atoms with Crippen molar-refractivity contribution in [3.63, 3.8) is 0 Å². The van der Waals surface area contributed by atoms with Gasteiger partial charge in [-0.3, -0.25) is 4.79 Å². The molecule has 116 valence electrons. The van der Waals surface area contributed by atoms with Gasteiger partial charge in [0.15, 0.2) is 5.78 Å². The Morgan fingerprint density at radius 2 is 1.77 bits per heavy atom. The zero-order valence-corrected chi connectivity index (χ0v) is 14.4. The van der Waals surface area contributed by atoms with E-state index in [1.807, 2.05) is 12.1 Å². The van der Waals surface area contributed by atoms with E-state index in [1.165, 1.54) is 12.8 Å². The van der Waals surface area contributed by atoms with Crippen LogP contribution < -0.4 is 0 Å². The molecule has 3 saturated carbocycles. The van der Waals surface area contributed by atoms with Gasteiger partial charge in [-0.05, 0) is 67.2 Å². The molecule has 0 amide bonds. The summed E-state index contributed by atoms with van der Waals surface area (Å²) in [6, 6.07) is 6.07. The number of allylic oxidation sites excluding steroid dienone is 2. The number of benzene rings is 1. The Morgan fingerprint density at radius 1 is 1.14 bits per heavy atom. The maximum absolute atomic E-state index is 13.1. The molecule has 0 spiro atoms. The standard InChI is InChI=1S/C19H21BrO2/c1-2-10-7-8-13(20)9-14(10)17-18(21)15-11-3-4-12(6-5-11)16(15)19(17)22/h7-9,11-12,15-16,21H,2-6H2,1H3/t11-,12+,15-,16+/m0/s1. The minimum absolute atomic E-state index is 0.0474. The van der Waals surface area contributed by atoms with Crippen molar-refractivity contribution in [1.82, 2.24) is 0 Å². The summed E-state index contributed by atoms with van der Waals surface area (Å²) in [6.07, 6.45) is 5.55. The van der Waals surface area contributed by atoms with Crippen LogP contribution in [0.15, 0.2) is 28.4 Å². The smallest absolute Gasteiger partial charge is 0.170 e. The average molecular weight is 361 g/mol. The maximum Gasteiger partial charge on any atom is 0.170 e. The van der Waals surface area contributed by atoms with E-state index in [0.29, 0.717) is 23.2 Å². The van der Waals surface area contributed by atoms with Gasteiger partial charge in [0.1, 0.15) is 5.76 Å². The Bertz CT molecular complexity index is 668. The molecule has 0 radical (unpaired) electrons. The molecule has 0 unspecified atom stereocenters. The molecule has 3 fully saturated rings. The molecule has 2 atom stereocenters. The Labute approximate surface area is 139 Å². The number of halogens is 1. The molecule has 1 aromatic rings. The van der Waals surface area contributed by atoms with Crippen LogP contribution in [0.4, 0.5) is 0 Å². The third-order valence-corrected chi connectivity index (χ3v) is 6.56. The van der Waals surface area contributed by atoms with Crippen molar-refractivity contribution in [3.05, 3.63) is 39.6 Å². The van der Waals surface area contributed by atoms with Crippen molar-refractivity contribution in [2.45, 2.75) is 39.0 Å². The Balaban J connectivity index is 1.85. The van der Waals surface area contributed by atoms with Crippen LogP contribution in [-0.2, 0) is 11.2 Å². The van der Waals surface area contributed by atoms with Crippen molar-refractivity contribution < 1.29 is 9.90 Å². The van der Waals surface area contributed by atoms with E-state index in [2.05, 4.69) is 28.9 Å². The zero-order valence-electron chi connectivity index (χ0n) is 12.8. The van der Waals surface area contributed by atoms with E-state index in [4.69, 9.17) is 0 Å². The molecule has 2 bridgehead atoms. The van der Waals surface area contributed by atoms with Gasteiger partial charge in [-0.25, -0.2) is 0 Å². The summed E-state index contributed by atoms with van der Waals surface area (Å²) in [5, 5.41) is 10.9. The van der Waals surface area contributed by atoms with Crippen molar-refractivity contribution in [1.29, 1.82) is 0 Å². The lowest BCUT2D eigenvalue weighted by molar-refractivity contribution is -0.123. The predicted molar refractivity (Wildman–Crippen MR) is 90.5 cm³/mol. The van der Waals surface area contributed by atoms with Crippen LogP contribution in [0.25, 0.3) is 5.57 Å². The van der Waals surface area contributed by atoms with Crippen molar-refractivity contribution in [2.75, 3.05) is 0 Å². The summed E-state index contributed by atoms with van der Waals surface area (Å²) in [6.45, 7) is 2.10. The van der Waals surface area contributed by atoms with Crippen LogP contribution >= 0.6 is 15.9 Å². The van der Waals surface area contributed by atoms with Gasteiger partial charge in [-0.1, -0.05) is 28.9 Å². The second-order valence-electron chi connectivity index (χ2n) is 7.01. The van der Waals surface area contributed by atoms with E-state index in [1.54, 1.807) is 0 Å². The van der Waals surface area contributed by atoms with Crippen LogP contribution in [0.2, 0.25) is 0 Å². The van der Waals surface area contributed by atoms with Gasteiger partial charge in [0.2, 0.25) is 0 Å². The van der Waals surface area contributed by atoms with E-state index >= 15 is 0 Å². The number of carbonyl (C=O) groups excluding carboxylic acids is 1. The second kappa shape index (κ2) is 5.23. The third-order valence-electron chi connectivity index (χ3n) is 6.06. The third kappa shape index (κ3) is 1.94. The molecule has 0 aromatic heterocycles. The van der Waals surface area contributed by atoms with E-state index < -0.39 is 0 Å². The van der Waals surface area contributed by atoms with Crippen molar-refractivity contribution >= 4 is 27.3 Å². The number of fused-ring (bicyclic) bond motifs is 2. The monoisotopic (exact) mass is 360 g/mol. The summed E-state index contributed by atoms with van der Waals surface area (Å²) < 4.78 is 0.964. The summed E-state index contributed by atoms with van der Waals surface area (Å²) >= 11 is 3.51. The lowest BCUT2D eigenvalue weighted by atomic mass is 9.59. The molecule has 4 aliphatic carbocycles. The fourth-order valence-corrected chi connectivity index (χ4v) is 5.40. The summed E-state index contributed by atoms with van der Waals surface area (Å²) in [7, 11) is 0. The molecule has 0 heterocycles. The number of aryl methyl sites for hydroxylation is 1. The first-order valence-electron chi connectivity index (χ1n) is 8.38. The van der Waals surface area contributed by atoms with Gasteiger partial charge in [0, 0.05) is 16.3 Å². The molecule has 1 N–H and O–H groups in total. The average Bonchev–Trinajstić information content (AvgIpc) is 2.82. The van der Waals surface area contributed by atoms with Gasteiger partial charge >= 0.3 is 0 Å². The fraction of sp³-hybridized carbons (Fsp3) is 0.526. The van der Waals surface area contributed by atoms with Gasteiger partial charge in [0.05, 0.1) is 5.57 Å². The highest BCUT2D eigenvalue weighted by atomic mass is 79.9. The van der Waals surface area contributed by atoms with Gasteiger partial charge < -0.3 is 5.11 Å². The predicted octanol–water partition coefficient (Wildman–Crippen LogP) is 4.92. The van der Waals surface area contributed by atoms with Crippen molar-refractivity contribution in [2.24, 2.45) is 23.7 Å². The van der Waals surface area contributed by atoms with E-state index in [9.17, 15) is 9.90 Å². The highest BCUT2D eigenvalue weighted by Crippen LogP contribution is 2.57. The van der Waals surface area contributed by atoms with Crippen LogP contribution in [0.1, 0.15) is 43.7 Å². The zero-order chi connectivity index (χ0) is 15.4. The number of Topliss-reactive ketones (excluding diaryl/α,β-unsaturated/α-hetero) is 1.